The summed E-state index contributed by atoms with van der Waals surface area (Å²) in [5.41, 5.74) is -1.60. The maximum atomic E-state index is 15.2. The first-order chi connectivity index (χ1) is 16.2. The number of likely N-dealkylation sites (tertiary alicyclic amines) is 1. The average Bonchev–Trinajstić information content (AvgIpc) is 2.74. The van der Waals surface area contributed by atoms with Crippen molar-refractivity contribution >= 4 is 35.0 Å². The van der Waals surface area contributed by atoms with E-state index < -0.39 is 34.4 Å². The molecule has 2 atom stereocenters. The summed E-state index contributed by atoms with van der Waals surface area (Å²) >= 11 is 12.0. The van der Waals surface area contributed by atoms with Gasteiger partial charge in [0.05, 0.1) is 21.7 Å². The molecule has 0 amide bonds. The molecule has 1 aliphatic rings. The molecule has 1 fully saturated rings. The summed E-state index contributed by atoms with van der Waals surface area (Å²) in [6.45, 7) is 9.24. The Kier molecular flexibility index (Phi) is 8.24. The molecule has 1 aromatic carbocycles. The first kappa shape index (κ1) is 27.5. The molecule has 0 N–H and O–H groups in total. The van der Waals surface area contributed by atoms with Gasteiger partial charge in [0, 0.05) is 24.6 Å². The van der Waals surface area contributed by atoms with E-state index in [9.17, 15) is 14.0 Å². The predicted molar refractivity (Wildman–Crippen MR) is 132 cm³/mol. The molecule has 35 heavy (non-hydrogen) atoms. The summed E-state index contributed by atoms with van der Waals surface area (Å²) in [6.07, 6.45) is 0.586. The van der Waals surface area contributed by atoms with Gasteiger partial charge in [-0.2, -0.15) is 0 Å². The molecule has 190 valence electrons. The standard InChI is InChI=1S/C26H30Cl2F2N2O3/c1-15-12-26(24(34)35-25(3,4)5,13-20-23(30)18(16(2)33)11-21(28)31-20)9-10-32(15)14-17-7-6-8-19(27)22(17)29/h6-8,11,15H,9-10,12-14H2,1-5H3. The first-order valence-electron chi connectivity index (χ1n) is 11.5. The Labute approximate surface area is 214 Å². The van der Waals surface area contributed by atoms with E-state index in [1.54, 1.807) is 32.9 Å². The fraction of sp³-hybridized carbons (Fsp3) is 0.500. The van der Waals surface area contributed by atoms with E-state index in [4.69, 9.17) is 27.9 Å². The highest BCUT2D eigenvalue weighted by Crippen LogP contribution is 2.41. The fourth-order valence-corrected chi connectivity index (χ4v) is 4.95. The number of esters is 1. The van der Waals surface area contributed by atoms with E-state index in [2.05, 4.69) is 9.88 Å². The third-order valence-electron chi connectivity index (χ3n) is 6.30. The second kappa shape index (κ2) is 10.5. The number of piperidine rings is 1. The Balaban J connectivity index is 1.94. The molecule has 0 bridgehead atoms. The number of carbonyl (C=O) groups excluding carboxylic acids is 2. The van der Waals surface area contributed by atoms with Crippen molar-refractivity contribution < 1.29 is 23.1 Å². The van der Waals surface area contributed by atoms with Gasteiger partial charge in [0.1, 0.15) is 16.6 Å². The number of nitrogens with zero attached hydrogens (tertiary/aromatic N) is 2. The van der Waals surface area contributed by atoms with Crippen molar-refractivity contribution in [2.24, 2.45) is 5.41 Å². The van der Waals surface area contributed by atoms with Gasteiger partial charge in [0.25, 0.3) is 0 Å². The number of aromatic nitrogens is 1. The summed E-state index contributed by atoms with van der Waals surface area (Å²) in [5.74, 6) is -2.18. The second-order valence-corrected chi connectivity index (χ2v) is 11.0. The van der Waals surface area contributed by atoms with Crippen molar-refractivity contribution in [2.75, 3.05) is 6.54 Å². The maximum Gasteiger partial charge on any atom is 0.313 e. The Morgan fingerprint density at radius 1 is 1.23 bits per heavy atom. The lowest BCUT2D eigenvalue weighted by atomic mass is 9.71. The Hall–Kier alpha value is -2.09. The van der Waals surface area contributed by atoms with Gasteiger partial charge in [-0.05, 0) is 66.1 Å². The number of benzene rings is 1. The zero-order chi connectivity index (χ0) is 26.1. The molecule has 0 saturated carbocycles. The van der Waals surface area contributed by atoms with Crippen LogP contribution in [0.25, 0.3) is 0 Å². The van der Waals surface area contributed by atoms with E-state index in [0.717, 1.165) is 0 Å². The summed E-state index contributed by atoms with van der Waals surface area (Å²) in [4.78, 5) is 31.6. The number of ketones is 1. The Morgan fingerprint density at radius 2 is 1.91 bits per heavy atom. The van der Waals surface area contributed by atoms with Gasteiger partial charge in [-0.3, -0.25) is 14.5 Å². The van der Waals surface area contributed by atoms with Crippen molar-refractivity contribution in [1.29, 1.82) is 0 Å². The third-order valence-corrected chi connectivity index (χ3v) is 6.79. The SMILES string of the molecule is CC(=O)c1cc(Cl)nc(CC2(C(=O)OC(C)(C)C)CCN(Cc3cccc(Cl)c3F)C(C)C2)c1F. The number of rotatable bonds is 6. The van der Waals surface area contributed by atoms with E-state index in [-0.39, 0.29) is 33.9 Å². The number of hydrogen-bond donors (Lipinski definition) is 0. The minimum atomic E-state index is -1.09. The van der Waals surface area contributed by atoms with Crippen LogP contribution in [0.4, 0.5) is 8.78 Å². The molecule has 0 radical (unpaired) electrons. The minimum Gasteiger partial charge on any atom is -0.460 e. The van der Waals surface area contributed by atoms with Crippen LogP contribution in [0.5, 0.6) is 0 Å². The van der Waals surface area contributed by atoms with Crippen LogP contribution in [0.1, 0.15) is 69.1 Å². The van der Waals surface area contributed by atoms with Crippen molar-refractivity contribution in [3.63, 3.8) is 0 Å². The summed E-state index contributed by atoms with van der Waals surface area (Å²) < 4.78 is 35.5. The minimum absolute atomic E-state index is 0.0205. The van der Waals surface area contributed by atoms with Crippen molar-refractivity contribution in [2.45, 2.75) is 72.1 Å². The topological polar surface area (TPSA) is 59.5 Å². The molecule has 0 spiro atoms. The second-order valence-electron chi connectivity index (χ2n) is 10.3. The zero-order valence-electron chi connectivity index (χ0n) is 20.6. The molecule has 9 heteroatoms. The first-order valence-corrected chi connectivity index (χ1v) is 12.2. The average molecular weight is 527 g/mol. The van der Waals surface area contributed by atoms with E-state index in [1.165, 1.54) is 19.1 Å². The predicted octanol–water partition coefficient (Wildman–Crippen LogP) is 6.42. The Morgan fingerprint density at radius 3 is 2.51 bits per heavy atom. The van der Waals surface area contributed by atoms with E-state index in [0.29, 0.717) is 31.5 Å². The normalized spacial score (nSPS) is 21.1. The highest BCUT2D eigenvalue weighted by atomic mass is 35.5. The smallest absolute Gasteiger partial charge is 0.313 e. The molecule has 2 heterocycles. The van der Waals surface area contributed by atoms with E-state index in [1.807, 2.05) is 6.92 Å². The number of ether oxygens (including phenoxy) is 1. The number of carbonyl (C=O) groups is 2. The molecule has 5 nitrogen and oxygen atoms in total. The van der Waals surface area contributed by atoms with Crippen LogP contribution < -0.4 is 0 Å². The van der Waals surface area contributed by atoms with Crippen molar-refractivity contribution in [3.8, 4) is 0 Å². The third kappa shape index (κ3) is 6.38. The van der Waals surface area contributed by atoms with Gasteiger partial charge in [-0.1, -0.05) is 35.3 Å². The number of pyridine rings is 1. The number of hydrogen-bond acceptors (Lipinski definition) is 5. The summed E-state index contributed by atoms with van der Waals surface area (Å²) in [5, 5.41) is 0.0342. The van der Waals surface area contributed by atoms with Crippen LogP contribution in [-0.2, 0) is 22.5 Å². The van der Waals surface area contributed by atoms with Gasteiger partial charge < -0.3 is 4.74 Å². The van der Waals surface area contributed by atoms with Crippen LogP contribution >= 0.6 is 23.2 Å². The van der Waals surface area contributed by atoms with Gasteiger partial charge in [0.15, 0.2) is 11.6 Å². The highest BCUT2D eigenvalue weighted by molar-refractivity contribution is 6.30. The molecule has 3 rings (SSSR count). The van der Waals surface area contributed by atoms with Crippen LogP contribution in [0, 0.1) is 17.0 Å². The molecule has 1 saturated heterocycles. The largest absolute Gasteiger partial charge is 0.460 e. The highest BCUT2D eigenvalue weighted by Gasteiger charge is 2.47. The fourth-order valence-electron chi connectivity index (χ4n) is 4.55. The maximum absolute atomic E-state index is 15.2. The summed E-state index contributed by atoms with van der Waals surface area (Å²) in [6, 6.07) is 5.89. The molecule has 1 aliphatic heterocycles. The van der Waals surface area contributed by atoms with E-state index >= 15 is 4.39 Å². The number of halogens is 4. The van der Waals surface area contributed by atoms with Gasteiger partial charge in [-0.25, -0.2) is 13.8 Å². The lowest BCUT2D eigenvalue weighted by Gasteiger charge is -2.45. The van der Waals surface area contributed by atoms with Gasteiger partial charge in [0.2, 0.25) is 0 Å². The molecule has 1 aromatic heterocycles. The molecule has 0 aliphatic carbocycles. The lowest BCUT2D eigenvalue weighted by Crippen LogP contribution is -2.51. The van der Waals surface area contributed by atoms with Crippen LogP contribution in [0.15, 0.2) is 24.3 Å². The molecule has 2 aromatic rings. The summed E-state index contributed by atoms with van der Waals surface area (Å²) in [7, 11) is 0. The van der Waals surface area contributed by atoms with Crippen molar-refractivity contribution in [1.82, 2.24) is 9.88 Å². The van der Waals surface area contributed by atoms with Gasteiger partial charge in [-0.15, -0.1) is 0 Å². The lowest BCUT2D eigenvalue weighted by molar-refractivity contribution is -0.172. The number of Topliss-reactive ketones (excluding diaryl/α,β-unsaturated/α-hetero) is 1. The van der Waals surface area contributed by atoms with Crippen molar-refractivity contribution in [3.05, 3.63) is 62.9 Å². The Bertz CT molecular complexity index is 1140. The van der Waals surface area contributed by atoms with Crippen LogP contribution in [0.3, 0.4) is 0 Å². The molecular formula is C26H30Cl2F2N2O3. The quantitative estimate of drug-likeness (QED) is 0.246. The molecular weight excluding hydrogens is 497 g/mol. The van der Waals surface area contributed by atoms with Crippen LogP contribution in [0.2, 0.25) is 10.2 Å². The zero-order valence-corrected chi connectivity index (χ0v) is 22.1. The van der Waals surface area contributed by atoms with Gasteiger partial charge >= 0.3 is 5.97 Å². The monoisotopic (exact) mass is 526 g/mol. The van der Waals surface area contributed by atoms with Crippen LogP contribution in [-0.4, -0.2) is 39.8 Å². The molecule has 2 unspecified atom stereocenters.